The minimum absolute atomic E-state index is 0.372. The summed E-state index contributed by atoms with van der Waals surface area (Å²) >= 11 is 0. The van der Waals surface area contributed by atoms with Crippen molar-refractivity contribution in [2.45, 2.75) is 13.1 Å². The van der Waals surface area contributed by atoms with Gasteiger partial charge in [0.15, 0.2) is 5.82 Å². The van der Waals surface area contributed by atoms with Crippen molar-refractivity contribution < 1.29 is 8.78 Å². The molecule has 0 unspecified atom stereocenters. The van der Waals surface area contributed by atoms with Crippen molar-refractivity contribution in [3.63, 3.8) is 0 Å². The van der Waals surface area contributed by atoms with Crippen molar-refractivity contribution in [1.29, 1.82) is 0 Å². The predicted octanol–water partition coefficient (Wildman–Crippen LogP) is 6.77. The van der Waals surface area contributed by atoms with E-state index in [0.717, 1.165) is 17.6 Å². The Bertz CT molecular complexity index is 2170. The second-order valence-corrected chi connectivity index (χ2v) is 11.7. The Morgan fingerprint density at radius 2 is 1.68 bits per heavy atom. The molecule has 7 rings (SSSR count). The van der Waals surface area contributed by atoms with Gasteiger partial charge in [0, 0.05) is 78.6 Å². The average molecular weight is 630 g/mol. The van der Waals surface area contributed by atoms with E-state index in [9.17, 15) is 4.39 Å². The van der Waals surface area contributed by atoms with Gasteiger partial charge in [-0.3, -0.25) is 15.1 Å². The van der Waals surface area contributed by atoms with Crippen LogP contribution in [0.1, 0.15) is 11.1 Å². The number of likely N-dealkylation sites (N-methyl/N-ethyl adjacent to an activating group) is 1. The number of imidazole rings is 1. The van der Waals surface area contributed by atoms with E-state index < -0.39 is 0 Å². The Morgan fingerprint density at radius 1 is 0.830 bits per heavy atom. The fourth-order valence-electron chi connectivity index (χ4n) is 5.63. The molecular weight excluding hydrogens is 596 g/mol. The van der Waals surface area contributed by atoms with E-state index in [0.29, 0.717) is 75.6 Å². The molecule has 0 spiro atoms. The van der Waals surface area contributed by atoms with Gasteiger partial charge in [0.2, 0.25) is 0 Å². The zero-order valence-corrected chi connectivity index (χ0v) is 26.0. The number of aromatic nitrogens is 6. The van der Waals surface area contributed by atoms with Gasteiger partial charge in [-0.1, -0.05) is 30.3 Å². The Hall–Kier alpha value is -5.52. The molecule has 0 amide bonds. The van der Waals surface area contributed by atoms with Crippen molar-refractivity contribution in [1.82, 2.24) is 40.3 Å². The highest BCUT2D eigenvalue weighted by Crippen LogP contribution is 2.34. The number of benzene rings is 3. The molecule has 0 aliphatic rings. The van der Waals surface area contributed by atoms with Gasteiger partial charge < -0.3 is 20.5 Å². The third-order valence-electron chi connectivity index (χ3n) is 7.94. The van der Waals surface area contributed by atoms with Gasteiger partial charge in [0.25, 0.3) is 0 Å². The summed E-state index contributed by atoms with van der Waals surface area (Å²) in [6.07, 6.45) is 5.10. The molecule has 4 aromatic heterocycles. The van der Waals surface area contributed by atoms with Crippen LogP contribution >= 0.6 is 0 Å². The summed E-state index contributed by atoms with van der Waals surface area (Å²) in [4.78, 5) is 19.2. The Balaban J connectivity index is 1.19. The largest absolute Gasteiger partial charge is 0.384 e. The number of hydrogen-bond acceptors (Lipinski definition) is 7. The van der Waals surface area contributed by atoms with E-state index in [2.05, 4.69) is 52.8 Å². The quantitative estimate of drug-likeness (QED) is 0.125. The number of pyridine rings is 2. The summed E-state index contributed by atoms with van der Waals surface area (Å²) in [6, 6.07) is 21.9. The first kappa shape index (κ1) is 30.2. The molecule has 9 nitrogen and oxygen atoms in total. The van der Waals surface area contributed by atoms with Gasteiger partial charge in [-0.15, -0.1) is 0 Å². The van der Waals surface area contributed by atoms with Crippen molar-refractivity contribution >= 4 is 27.6 Å². The van der Waals surface area contributed by atoms with Crippen LogP contribution in [0, 0.1) is 11.6 Å². The first-order chi connectivity index (χ1) is 22.9. The van der Waals surface area contributed by atoms with Crippen LogP contribution in [0.2, 0.25) is 0 Å². The van der Waals surface area contributed by atoms with Crippen LogP contribution in [0.15, 0.2) is 91.4 Å². The normalized spacial score (nSPS) is 11.6. The first-order valence-corrected chi connectivity index (χ1v) is 15.3. The zero-order chi connectivity index (χ0) is 32.3. The van der Waals surface area contributed by atoms with E-state index in [4.69, 9.17) is 4.98 Å². The summed E-state index contributed by atoms with van der Waals surface area (Å²) in [5.41, 5.74) is 7.35. The summed E-state index contributed by atoms with van der Waals surface area (Å²) in [5, 5.41) is 14.8. The molecule has 0 aliphatic carbocycles. The molecule has 11 heteroatoms. The minimum atomic E-state index is -0.388. The molecule has 0 saturated heterocycles. The van der Waals surface area contributed by atoms with Gasteiger partial charge in [-0.05, 0) is 61.6 Å². The maximum absolute atomic E-state index is 15.5. The van der Waals surface area contributed by atoms with E-state index in [-0.39, 0.29) is 11.6 Å². The lowest BCUT2D eigenvalue weighted by Crippen LogP contribution is -2.20. The van der Waals surface area contributed by atoms with Crippen molar-refractivity contribution in [2.24, 2.45) is 0 Å². The van der Waals surface area contributed by atoms with E-state index >= 15 is 4.39 Å². The first-order valence-electron chi connectivity index (χ1n) is 15.3. The van der Waals surface area contributed by atoms with Crippen LogP contribution in [-0.2, 0) is 13.1 Å². The van der Waals surface area contributed by atoms with Crippen molar-refractivity contribution in [2.75, 3.05) is 32.5 Å². The summed E-state index contributed by atoms with van der Waals surface area (Å²) in [5.74, 6) is -0.278. The van der Waals surface area contributed by atoms with Gasteiger partial charge in [0.1, 0.15) is 22.8 Å². The maximum atomic E-state index is 15.5. The van der Waals surface area contributed by atoms with Gasteiger partial charge in [0.05, 0.1) is 16.7 Å². The van der Waals surface area contributed by atoms with Crippen molar-refractivity contribution in [3.05, 3.63) is 114 Å². The third-order valence-corrected chi connectivity index (χ3v) is 7.94. The second-order valence-electron chi connectivity index (χ2n) is 11.7. The maximum Gasteiger partial charge on any atom is 0.159 e. The highest BCUT2D eigenvalue weighted by atomic mass is 19.1. The molecule has 7 aromatic rings. The highest BCUT2D eigenvalue weighted by molar-refractivity contribution is 5.97. The number of nitrogens with one attached hydrogen (secondary N) is 4. The lowest BCUT2D eigenvalue weighted by molar-refractivity contribution is 0.425. The number of halogens is 2. The number of hydrogen-bond donors (Lipinski definition) is 4. The Labute approximate surface area is 270 Å². The number of nitrogens with zero attached hydrogens (tertiary/aromatic N) is 5. The molecule has 0 radical (unpaired) electrons. The van der Waals surface area contributed by atoms with Crippen LogP contribution in [-0.4, -0.2) is 62.2 Å². The molecule has 0 bridgehead atoms. The van der Waals surface area contributed by atoms with Gasteiger partial charge in [-0.2, -0.15) is 5.10 Å². The molecule has 4 N–H and O–H groups in total. The lowest BCUT2D eigenvalue weighted by Gasteiger charge is -2.12. The Kier molecular flexibility index (Phi) is 8.38. The average Bonchev–Trinajstić information content (AvgIpc) is 3.68. The van der Waals surface area contributed by atoms with Crippen molar-refractivity contribution in [3.8, 4) is 33.9 Å². The lowest BCUT2D eigenvalue weighted by atomic mass is 10.0. The molecule has 47 heavy (non-hydrogen) atoms. The summed E-state index contributed by atoms with van der Waals surface area (Å²) < 4.78 is 30.2. The topological polar surface area (TPSA) is 110 Å². The Morgan fingerprint density at radius 3 is 2.53 bits per heavy atom. The number of fused-ring (bicyclic) bond motifs is 2. The molecule has 0 aliphatic heterocycles. The molecule has 4 heterocycles. The van der Waals surface area contributed by atoms with Gasteiger partial charge in [-0.25, -0.2) is 13.8 Å². The van der Waals surface area contributed by atoms with Crippen LogP contribution in [0.3, 0.4) is 0 Å². The van der Waals surface area contributed by atoms with Crippen LogP contribution in [0.4, 0.5) is 14.5 Å². The molecular formula is C36H33F2N9. The van der Waals surface area contributed by atoms with E-state index in [1.807, 2.05) is 50.5 Å². The molecule has 0 atom stereocenters. The smallest absolute Gasteiger partial charge is 0.159 e. The highest BCUT2D eigenvalue weighted by Gasteiger charge is 2.19. The number of aromatic amines is 2. The summed E-state index contributed by atoms with van der Waals surface area (Å²) in [7, 11) is 3.97. The molecule has 0 saturated carbocycles. The number of anilines is 1. The van der Waals surface area contributed by atoms with Crippen LogP contribution < -0.4 is 10.6 Å². The fourth-order valence-corrected chi connectivity index (χ4v) is 5.63. The molecule has 236 valence electrons. The summed E-state index contributed by atoms with van der Waals surface area (Å²) in [6.45, 7) is 2.78. The van der Waals surface area contributed by atoms with E-state index in [1.54, 1.807) is 24.7 Å². The number of H-pyrrole nitrogens is 2. The zero-order valence-electron chi connectivity index (χ0n) is 26.0. The predicted molar refractivity (Wildman–Crippen MR) is 182 cm³/mol. The fraction of sp³-hybridized carbons (Fsp3) is 0.167. The second kappa shape index (κ2) is 13.1. The van der Waals surface area contributed by atoms with E-state index in [1.165, 1.54) is 23.8 Å². The third kappa shape index (κ3) is 6.57. The van der Waals surface area contributed by atoms with Crippen LogP contribution in [0.25, 0.3) is 55.8 Å². The molecule has 3 aromatic carbocycles. The number of rotatable bonds is 11. The standard InChI is InChI=1S/C36H33F2N9/c1-47(2)11-10-41-27-14-24(13-26(37)15-27)33-35-31(8-9-42-33)43-36(44-35)34-29-16-28(30(38)17-32(29)45-46-34)25-12-23(20-40-21-25)19-39-18-22-6-4-3-5-7-22/h3-9,12-17,20-21,39,41H,10-11,18-19H2,1-2H3,(H,43,44)(H,45,46). The van der Waals surface area contributed by atoms with Gasteiger partial charge >= 0.3 is 0 Å². The van der Waals surface area contributed by atoms with Crippen LogP contribution in [0.5, 0.6) is 0 Å². The SMILES string of the molecule is CN(C)CCNc1cc(F)cc(-c2nccc3[nH]c(-c4n[nH]c5cc(F)c(-c6cncc(CNCc7ccccc7)c6)cc45)nc23)c1. The minimum Gasteiger partial charge on any atom is -0.384 e. The molecule has 0 fully saturated rings. The monoisotopic (exact) mass is 629 g/mol.